The Labute approximate surface area is 161 Å². The molecule has 1 saturated heterocycles. The fourth-order valence-corrected chi connectivity index (χ4v) is 3.34. The number of hydrogen-bond donors (Lipinski definition) is 0. The van der Waals surface area contributed by atoms with Gasteiger partial charge in [-0.15, -0.1) is 0 Å². The summed E-state index contributed by atoms with van der Waals surface area (Å²) in [7, 11) is 0. The molecule has 0 aromatic rings. The van der Waals surface area contributed by atoms with Crippen LogP contribution in [-0.4, -0.2) is 25.8 Å². The zero-order valence-corrected chi connectivity index (χ0v) is 17.2. The van der Waals surface area contributed by atoms with Gasteiger partial charge in [-0.3, -0.25) is 4.79 Å². The normalized spacial score (nSPS) is 17.2. The van der Waals surface area contributed by atoms with Crippen LogP contribution in [0.15, 0.2) is 12.2 Å². The van der Waals surface area contributed by atoms with E-state index in [4.69, 9.17) is 9.47 Å². The van der Waals surface area contributed by atoms with Gasteiger partial charge in [0, 0.05) is 18.9 Å². The average molecular weight is 367 g/mol. The largest absolute Gasteiger partial charge is 0.465 e. The van der Waals surface area contributed by atoms with Crippen molar-refractivity contribution in [2.45, 2.75) is 103 Å². The number of unbranched alkanes of at least 4 members (excludes halogenated alkanes) is 11. The first-order valence-electron chi connectivity index (χ1n) is 11.2. The third kappa shape index (κ3) is 14.4. The topological polar surface area (TPSA) is 35.5 Å². The van der Waals surface area contributed by atoms with E-state index in [1.807, 2.05) is 0 Å². The molecule has 1 rings (SSSR count). The maximum absolute atomic E-state index is 11.7. The molecule has 1 heterocycles. The number of carbonyl (C=O) groups is 1. The molecule has 0 spiro atoms. The third-order valence-electron chi connectivity index (χ3n) is 5.15. The molecule has 0 saturated carbocycles. The summed E-state index contributed by atoms with van der Waals surface area (Å²) < 4.78 is 10.6. The van der Waals surface area contributed by atoms with Crippen molar-refractivity contribution >= 4 is 5.97 Å². The number of allylic oxidation sites excluding steroid dienone is 2. The van der Waals surface area contributed by atoms with Crippen LogP contribution in [-0.2, 0) is 14.3 Å². The summed E-state index contributed by atoms with van der Waals surface area (Å²) in [6.07, 6.45) is 23.0. The lowest BCUT2D eigenvalue weighted by molar-refractivity contribution is -0.145. The molecule has 0 aromatic carbocycles. The van der Waals surface area contributed by atoms with Crippen LogP contribution in [0.1, 0.15) is 103 Å². The van der Waals surface area contributed by atoms with Crippen molar-refractivity contribution in [2.24, 2.45) is 5.92 Å². The van der Waals surface area contributed by atoms with E-state index in [2.05, 4.69) is 19.1 Å². The van der Waals surface area contributed by atoms with E-state index in [-0.39, 0.29) is 5.97 Å². The van der Waals surface area contributed by atoms with Crippen molar-refractivity contribution in [2.75, 3.05) is 19.8 Å². The number of rotatable bonds is 17. The van der Waals surface area contributed by atoms with Gasteiger partial charge < -0.3 is 9.47 Å². The monoisotopic (exact) mass is 366 g/mol. The van der Waals surface area contributed by atoms with E-state index in [1.165, 1.54) is 70.6 Å². The van der Waals surface area contributed by atoms with Gasteiger partial charge in [-0.05, 0) is 38.5 Å². The average Bonchev–Trinajstić information content (AvgIpc) is 3.17. The summed E-state index contributed by atoms with van der Waals surface area (Å²) in [6.45, 7) is 4.38. The van der Waals surface area contributed by atoms with Crippen LogP contribution in [0.3, 0.4) is 0 Å². The quantitative estimate of drug-likeness (QED) is 0.165. The minimum Gasteiger partial charge on any atom is -0.465 e. The van der Waals surface area contributed by atoms with Crippen LogP contribution in [0.25, 0.3) is 0 Å². The Bertz CT molecular complexity index is 345. The highest BCUT2D eigenvalue weighted by atomic mass is 16.5. The fourth-order valence-electron chi connectivity index (χ4n) is 3.34. The Kier molecular flexibility index (Phi) is 15.7. The van der Waals surface area contributed by atoms with Gasteiger partial charge in [-0.2, -0.15) is 0 Å². The maximum Gasteiger partial charge on any atom is 0.305 e. The van der Waals surface area contributed by atoms with Crippen molar-refractivity contribution in [3.63, 3.8) is 0 Å². The molecule has 3 nitrogen and oxygen atoms in total. The molecular formula is C23H42O3. The van der Waals surface area contributed by atoms with E-state index in [1.54, 1.807) is 0 Å². The molecule has 0 N–H and O–H groups in total. The molecule has 1 aliphatic heterocycles. The van der Waals surface area contributed by atoms with Crippen molar-refractivity contribution < 1.29 is 14.3 Å². The second-order valence-corrected chi connectivity index (χ2v) is 7.75. The summed E-state index contributed by atoms with van der Waals surface area (Å²) >= 11 is 0. The third-order valence-corrected chi connectivity index (χ3v) is 5.15. The van der Waals surface area contributed by atoms with Crippen LogP contribution in [0.5, 0.6) is 0 Å². The summed E-state index contributed by atoms with van der Waals surface area (Å²) in [6, 6.07) is 0. The van der Waals surface area contributed by atoms with Gasteiger partial charge in [-0.25, -0.2) is 0 Å². The van der Waals surface area contributed by atoms with Crippen molar-refractivity contribution in [1.29, 1.82) is 0 Å². The lowest BCUT2D eigenvalue weighted by Crippen LogP contribution is -2.13. The Morgan fingerprint density at radius 3 is 2.15 bits per heavy atom. The zero-order valence-electron chi connectivity index (χ0n) is 17.2. The number of esters is 1. The first-order valence-corrected chi connectivity index (χ1v) is 11.2. The Balaban J connectivity index is 1.76. The smallest absolute Gasteiger partial charge is 0.305 e. The van der Waals surface area contributed by atoms with Gasteiger partial charge in [0.15, 0.2) is 0 Å². The molecular weight excluding hydrogens is 324 g/mol. The standard InChI is InChI=1S/C23H42O3/c1-2-3-4-5-6-7-8-9-10-11-12-13-14-15-16-17-23(24)26-21-22-18-19-25-20-22/h9-10,22H,2-8,11-21H2,1H3/b10-9-. The van der Waals surface area contributed by atoms with Crippen LogP contribution in [0.4, 0.5) is 0 Å². The molecule has 152 valence electrons. The predicted molar refractivity (Wildman–Crippen MR) is 109 cm³/mol. The number of ether oxygens (including phenoxy) is 2. The first-order chi connectivity index (χ1) is 12.8. The summed E-state index contributed by atoms with van der Waals surface area (Å²) in [5.41, 5.74) is 0. The van der Waals surface area contributed by atoms with Crippen molar-refractivity contribution in [3.05, 3.63) is 12.2 Å². The molecule has 0 amide bonds. The maximum atomic E-state index is 11.7. The highest BCUT2D eigenvalue weighted by Gasteiger charge is 2.17. The van der Waals surface area contributed by atoms with Gasteiger partial charge >= 0.3 is 5.97 Å². The van der Waals surface area contributed by atoms with Gasteiger partial charge in [0.1, 0.15) is 0 Å². The second kappa shape index (κ2) is 17.6. The van der Waals surface area contributed by atoms with Crippen molar-refractivity contribution in [1.82, 2.24) is 0 Å². The van der Waals surface area contributed by atoms with E-state index >= 15 is 0 Å². The summed E-state index contributed by atoms with van der Waals surface area (Å²) in [5.74, 6) is 0.391. The molecule has 0 aromatic heterocycles. The van der Waals surface area contributed by atoms with Crippen LogP contribution in [0, 0.1) is 5.92 Å². The van der Waals surface area contributed by atoms with Crippen LogP contribution >= 0.6 is 0 Å². The molecule has 26 heavy (non-hydrogen) atoms. The predicted octanol–water partition coefficient (Wildman–Crippen LogP) is 6.60. The van der Waals surface area contributed by atoms with Gasteiger partial charge in [0.05, 0.1) is 13.2 Å². The van der Waals surface area contributed by atoms with E-state index in [9.17, 15) is 4.79 Å². The summed E-state index contributed by atoms with van der Waals surface area (Å²) in [4.78, 5) is 11.7. The molecule has 1 fully saturated rings. The molecule has 0 aliphatic carbocycles. The van der Waals surface area contributed by atoms with Crippen LogP contribution < -0.4 is 0 Å². The molecule has 1 atom stereocenters. The summed E-state index contributed by atoms with van der Waals surface area (Å²) in [5, 5.41) is 0. The molecule has 0 radical (unpaired) electrons. The lowest BCUT2D eigenvalue weighted by Gasteiger charge is -2.08. The van der Waals surface area contributed by atoms with E-state index < -0.39 is 0 Å². The van der Waals surface area contributed by atoms with E-state index in [0.717, 1.165) is 32.5 Å². The first kappa shape index (κ1) is 23.2. The molecule has 3 heteroatoms. The number of hydrogen-bond acceptors (Lipinski definition) is 3. The molecule has 1 aliphatic rings. The SMILES string of the molecule is CCCCCCCC/C=C\CCCCCCCC(=O)OCC1CCOC1. The minimum absolute atomic E-state index is 0.0328. The zero-order chi connectivity index (χ0) is 18.7. The number of carbonyl (C=O) groups excluding carboxylic acids is 1. The Morgan fingerprint density at radius 2 is 1.54 bits per heavy atom. The van der Waals surface area contributed by atoms with Crippen molar-refractivity contribution in [3.8, 4) is 0 Å². The van der Waals surface area contributed by atoms with Crippen LogP contribution in [0.2, 0.25) is 0 Å². The Morgan fingerprint density at radius 1 is 0.923 bits per heavy atom. The highest BCUT2D eigenvalue weighted by molar-refractivity contribution is 5.69. The van der Waals surface area contributed by atoms with E-state index in [0.29, 0.717) is 18.9 Å². The minimum atomic E-state index is -0.0328. The Hall–Kier alpha value is -0.830. The van der Waals surface area contributed by atoms with Gasteiger partial charge in [-0.1, -0.05) is 70.4 Å². The van der Waals surface area contributed by atoms with Gasteiger partial charge in [0.25, 0.3) is 0 Å². The second-order valence-electron chi connectivity index (χ2n) is 7.75. The molecule has 1 unspecified atom stereocenters. The molecule has 0 bridgehead atoms. The van der Waals surface area contributed by atoms with Gasteiger partial charge in [0.2, 0.25) is 0 Å². The highest BCUT2D eigenvalue weighted by Crippen LogP contribution is 2.14. The lowest BCUT2D eigenvalue weighted by atomic mass is 10.1. The fraction of sp³-hybridized carbons (Fsp3) is 0.870.